The van der Waals surface area contributed by atoms with E-state index in [4.69, 9.17) is 0 Å². The summed E-state index contributed by atoms with van der Waals surface area (Å²) >= 11 is 1.72. The molecule has 2 heterocycles. The average molecular weight is 244 g/mol. The lowest BCUT2D eigenvalue weighted by molar-refractivity contribution is -0.0283. The van der Waals surface area contributed by atoms with Crippen molar-refractivity contribution in [3.8, 4) is 0 Å². The molecule has 1 aromatic rings. The minimum absolute atomic E-state index is 0.415. The summed E-state index contributed by atoms with van der Waals surface area (Å²) in [4.78, 5) is 6.60. The summed E-state index contributed by atoms with van der Waals surface area (Å²) in [6, 6.07) is 0. The molecule has 1 aromatic heterocycles. The second kappa shape index (κ2) is 4.04. The van der Waals surface area contributed by atoms with Crippen molar-refractivity contribution in [1.29, 1.82) is 0 Å². The van der Waals surface area contributed by atoms with Gasteiger partial charge in [0, 0.05) is 36.9 Å². The number of halogens is 2. The fourth-order valence-electron chi connectivity index (χ4n) is 2.04. The van der Waals surface area contributed by atoms with Crippen LogP contribution in [0.3, 0.4) is 0 Å². The van der Waals surface area contributed by atoms with Gasteiger partial charge in [0.25, 0.3) is 0 Å². The lowest BCUT2D eigenvalue weighted by Gasteiger charge is -2.38. The monoisotopic (exact) mass is 244 g/mol. The Morgan fingerprint density at radius 1 is 1.44 bits per heavy atom. The maximum absolute atomic E-state index is 12.3. The molecule has 0 atom stereocenters. The van der Waals surface area contributed by atoms with E-state index in [-0.39, 0.29) is 0 Å². The number of alkyl halides is 2. The van der Waals surface area contributed by atoms with E-state index < -0.39 is 12.3 Å². The molecule has 0 N–H and O–H groups in total. The summed E-state index contributed by atoms with van der Waals surface area (Å²) in [5.74, 6) is 0.283. The summed E-state index contributed by atoms with van der Waals surface area (Å²) in [6.07, 6.45) is 0.377. The van der Waals surface area contributed by atoms with Gasteiger partial charge in [-0.05, 0) is 12.8 Å². The van der Waals surface area contributed by atoms with Crippen LogP contribution in [0.2, 0.25) is 0 Å². The minimum Gasteiger partial charge on any atom is -0.296 e. The van der Waals surface area contributed by atoms with Gasteiger partial charge in [-0.1, -0.05) is 0 Å². The smallest absolute Gasteiger partial charge is 0.243 e. The molecule has 2 aliphatic rings. The first-order valence-electron chi connectivity index (χ1n) is 5.67. The van der Waals surface area contributed by atoms with Crippen LogP contribution in [0.25, 0.3) is 0 Å². The van der Waals surface area contributed by atoms with E-state index in [0.29, 0.717) is 19.0 Å². The van der Waals surface area contributed by atoms with Gasteiger partial charge < -0.3 is 0 Å². The molecular formula is C11H14F2N2S. The van der Waals surface area contributed by atoms with Crippen LogP contribution >= 0.6 is 11.3 Å². The first-order chi connectivity index (χ1) is 7.72. The van der Waals surface area contributed by atoms with Crippen molar-refractivity contribution in [2.24, 2.45) is 5.92 Å². The van der Waals surface area contributed by atoms with Gasteiger partial charge >= 0.3 is 0 Å². The molecule has 1 saturated heterocycles. The fraction of sp³-hybridized carbons (Fsp3) is 0.727. The van der Waals surface area contributed by atoms with Crippen molar-refractivity contribution < 1.29 is 8.78 Å². The maximum atomic E-state index is 12.3. The topological polar surface area (TPSA) is 16.1 Å². The molecule has 1 saturated carbocycles. The van der Waals surface area contributed by atoms with E-state index in [9.17, 15) is 8.78 Å². The van der Waals surface area contributed by atoms with E-state index in [1.54, 1.807) is 11.3 Å². The zero-order valence-electron chi connectivity index (χ0n) is 8.90. The Bertz CT molecular complexity index is 370. The van der Waals surface area contributed by atoms with Gasteiger partial charge in [0.2, 0.25) is 6.43 Å². The Labute approximate surface area is 97.3 Å². The van der Waals surface area contributed by atoms with Crippen LogP contribution in [0.1, 0.15) is 29.5 Å². The van der Waals surface area contributed by atoms with Gasteiger partial charge in [-0.25, -0.2) is 13.8 Å². The molecule has 5 heteroatoms. The molecule has 16 heavy (non-hydrogen) atoms. The van der Waals surface area contributed by atoms with Gasteiger partial charge in [0.1, 0.15) is 0 Å². The summed E-state index contributed by atoms with van der Waals surface area (Å²) in [5, 5.41) is 3.31. The number of hydrogen-bond donors (Lipinski definition) is 0. The Morgan fingerprint density at radius 3 is 2.81 bits per heavy atom. The SMILES string of the molecule is FC(F)C1CN(Cc2csc(C3CC3)n2)C1. The molecule has 0 amide bonds. The zero-order chi connectivity index (χ0) is 11.1. The van der Waals surface area contributed by atoms with Crippen molar-refractivity contribution in [3.63, 3.8) is 0 Å². The van der Waals surface area contributed by atoms with Crippen molar-refractivity contribution in [1.82, 2.24) is 9.88 Å². The number of thiazole rings is 1. The molecule has 0 radical (unpaired) electrons. The van der Waals surface area contributed by atoms with E-state index in [0.717, 1.165) is 12.2 Å². The van der Waals surface area contributed by atoms with E-state index in [2.05, 4.69) is 10.4 Å². The number of hydrogen-bond acceptors (Lipinski definition) is 3. The quantitative estimate of drug-likeness (QED) is 0.809. The molecule has 0 unspecified atom stereocenters. The van der Waals surface area contributed by atoms with Crippen molar-refractivity contribution in [3.05, 3.63) is 16.1 Å². The molecule has 3 rings (SSSR count). The van der Waals surface area contributed by atoms with Crippen molar-refractivity contribution >= 4 is 11.3 Å². The average Bonchev–Trinajstić information content (AvgIpc) is 2.92. The molecule has 2 fully saturated rings. The van der Waals surface area contributed by atoms with Crippen LogP contribution in [0, 0.1) is 5.92 Å². The Balaban J connectivity index is 1.51. The second-order valence-corrected chi connectivity index (χ2v) is 5.63. The highest BCUT2D eigenvalue weighted by Gasteiger charge is 2.34. The third-order valence-corrected chi connectivity index (χ3v) is 4.28. The predicted octanol–water partition coefficient (Wildman–Crippen LogP) is 2.72. The van der Waals surface area contributed by atoms with Crippen molar-refractivity contribution in [2.45, 2.75) is 31.7 Å². The summed E-state index contributed by atoms with van der Waals surface area (Å²) in [7, 11) is 0. The summed E-state index contributed by atoms with van der Waals surface area (Å²) in [6.45, 7) is 1.79. The summed E-state index contributed by atoms with van der Waals surface area (Å²) in [5.41, 5.74) is 1.06. The van der Waals surface area contributed by atoms with E-state index >= 15 is 0 Å². The van der Waals surface area contributed by atoms with E-state index in [1.807, 2.05) is 4.90 Å². The Kier molecular flexibility index (Phi) is 2.67. The van der Waals surface area contributed by atoms with Crippen LogP contribution in [-0.2, 0) is 6.54 Å². The first kappa shape index (κ1) is 10.6. The maximum Gasteiger partial charge on any atom is 0.243 e. The predicted molar refractivity (Wildman–Crippen MR) is 58.9 cm³/mol. The van der Waals surface area contributed by atoms with Gasteiger partial charge in [-0.3, -0.25) is 4.90 Å². The number of likely N-dealkylation sites (tertiary alicyclic amines) is 1. The van der Waals surface area contributed by atoms with Crippen LogP contribution in [0.15, 0.2) is 5.38 Å². The fourth-order valence-corrected chi connectivity index (χ4v) is 3.02. The zero-order valence-corrected chi connectivity index (χ0v) is 9.72. The second-order valence-electron chi connectivity index (χ2n) is 4.74. The summed E-state index contributed by atoms with van der Waals surface area (Å²) < 4.78 is 24.5. The molecule has 88 valence electrons. The van der Waals surface area contributed by atoms with Crippen LogP contribution < -0.4 is 0 Å². The van der Waals surface area contributed by atoms with Crippen LogP contribution in [0.4, 0.5) is 8.78 Å². The van der Waals surface area contributed by atoms with Gasteiger partial charge in [-0.2, -0.15) is 0 Å². The molecule has 1 aliphatic heterocycles. The highest BCUT2D eigenvalue weighted by Crippen LogP contribution is 2.41. The molecule has 0 aromatic carbocycles. The lowest BCUT2D eigenvalue weighted by Crippen LogP contribution is -2.49. The molecular weight excluding hydrogens is 230 g/mol. The highest BCUT2D eigenvalue weighted by molar-refractivity contribution is 7.09. The van der Waals surface area contributed by atoms with Gasteiger partial charge in [0.05, 0.1) is 10.7 Å². The van der Waals surface area contributed by atoms with Crippen molar-refractivity contribution in [2.75, 3.05) is 13.1 Å². The Morgan fingerprint density at radius 2 is 2.19 bits per heavy atom. The number of nitrogens with zero attached hydrogens (tertiary/aromatic N) is 2. The van der Waals surface area contributed by atoms with Gasteiger partial charge in [0.15, 0.2) is 0 Å². The normalized spacial score (nSPS) is 22.7. The van der Waals surface area contributed by atoms with Gasteiger partial charge in [-0.15, -0.1) is 11.3 Å². The molecule has 0 spiro atoms. The lowest BCUT2D eigenvalue weighted by atomic mass is 10.0. The number of rotatable bonds is 4. The third kappa shape index (κ3) is 2.11. The molecule has 0 bridgehead atoms. The molecule has 1 aliphatic carbocycles. The van der Waals surface area contributed by atoms with Crippen LogP contribution in [0.5, 0.6) is 0 Å². The Hall–Kier alpha value is -0.550. The standard InChI is InChI=1S/C11H14F2N2S/c12-10(13)8-3-15(4-8)5-9-6-16-11(14-9)7-1-2-7/h6-8,10H,1-5H2. The first-order valence-corrected chi connectivity index (χ1v) is 6.55. The van der Waals surface area contributed by atoms with Crippen LogP contribution in [-0.4, -0.2) is 29.4 Å². The minimum atomic E-state index is -2.16. The molecule has 2 nitrogen and oxygen atoms in total. The number of aromatic nitrogens is 1. The highest BCUT2D eigenvalue weighted by atomic mass is 32.1. The third-order valence-electron chi connectivity index (χ3n) is 3.22. The largest absolute Gasteiger partial charge is 0.296 e. The van der Waals surface area contributed by atoms with E-state index in [1.165, 1.54) is 17.8 Å².